The molecule has 1 fully saturated rings. The second-order valence-electron chi connectivity index (χ2n) is 6.78. The number of fused-ring (bicyclic) bond motifs is 1. The summed E-state index contributed by atoms with van der Waals surface area (Å²) >= 11 is 0. The number of carbonyl (C=O) groups is 2. The number of ether oxygens (including phenoxy) is 2. The van der Waals surface area contributed by atoms with Crippen LogP contribution in [0.4, 0.5) is 0 Å². The second kappa shape index (κ2) is 7.10. The Morgan fingerprint density at radius 1 is 1.29 bits per heavy atom. The van der Waals surface area contributed by atoms with Crippen LogP contribution in [0.25, 0.3) is 0 Å². The summed E-state index contributed by atoms with van der Waals surface area (Å²) in [5, 5.41) is 19.3. The summed E-state index contributed by atoms with van der Waals surface area (Å²) in [6.45, 7) is 1.46. The lowest BCUT2D eigenvalue weighted by molar-refractivity contribution is -0.161. The molecule has 1 aromatic rings. The fraction of sp³-hybridized carbons (Fsp3) is 0.444. The Morgan fingerprint density at radius 3 is 2.46 bits per heavy atom. The second-order valence-corrected chi connectivity index (χ2v) is 8.77. The number of amides is 1. The number of hydrogen-bond acceptors (Lipinski definition) is 7. The van der Waals surface area contributed by atoms with Gasteiger partial charge in [-0.2, -0.15) is 0 Å². The average Bonchev–Trinajstić information content (AvgIpc) is 2.94. The molecule has 0 unspecified atom stereocenters. The van der Waals surface area contributed by atoms with Gasteiger partial charge in [-0.05, 0) is 31.1 Å². The highest BCUT2D eigenvalue weighted by atomic mass is 32.2. The van der Waals surface area contributed by atoms with Gasteiger partial charge in [0.1, 0.15) is 5.70 Å². The third-order valence-corrected chi connectivity index (χ3v) is 6.80. The van der Waals surface area contributed by atoms with E-state index in [1.807, 2.05) is 0 Å². The van der Waals surface area contributed by atoms with E-state index >= 15 is 0 Å². The van der Waals surface area contributed by atoms with Gasteiger partial charge in [0, 0.05) is 6.07 Å². The number of rotatable bonds is 7. The number of methoxy groups -OCH3 is 2. The molecule has 0 bridgehead atoms. The van der Waals surface area contributed by atoms with Crippen LogP contribution in [0, 0.1) is 5.92 Å². The lowest BCUT2D eigenvalue weighted by atomic mass is 9.83. The summed E-state index contributed by atoms with van der Waals surface area (Å²) in [4.78, 5) is 24.9. The first-order chi connectivity index (χ1) is 13.1. The van der Waals surface area contributed by atoms with E-state index in [0.29, 0.717) is 5.75 Å². The zero-order valence-corrected chi connectivity index (χ0v) is 16.4. The average molecular weight is 411 g/mol. The van der Waals surface area contributed by atoms with Gasteiger partial charge in [-0.15, -0.1) is 0 Å². The Morgan fingerprint density at radius 2 is 1.93 bits per heavy atom. The molecule has 9 nitrogen and oxygen atoms in total. The van der Waals surface area contributed by atoms with E-state index in [-0.39, 0.29) is 28.3 Å². The van der Waals surface area contributed by atoms with Crippen molar-refractivity contribution < 1.29 is 37.7 Å². The van der Waals surface area contributed by atoms with Gasteiger partial charge < -0.3 is 24.6 Å². The molecule has 1 amide bonds. The molecule has 2 aliphatic rings. The zero-order valence-electron chi connectivity index (χ0n) is 15.6. The maximum absolute atomic E-state index is 12.9. The maximum atomic E-state index is 12.9. The van der Waals surface area contributed by atoms with Crippen LogP contribution in [0.5, 0.6) is 11.5 Å². The van der Waals surface area contributed by atoms with E-state index in [2.05, 4.69) is 0 Å². The highest BCUT2D eigenvalue weighted by Crippen LogP contribution is 2.44. The van der Waals surface area contributed by atoms with Crippen molar-refractivity contribution in [3.8, 4) is 11.5 Å². The number of benzene rings is 1. The standard InChI is InChI=1S/C18H21NO8S/c1-9(20)15-12-6-10(16(18(22)23)19(12)17(15)21)8-28(24,25)11-4-5-13(26-2)14(7-11)27-3/h4-5,7,9,12,15,20H,6,8H2,1-3H3,(H,22,23)/t9-,12+,15+/m1/s1. The third kappa shape index (κ3) is 3.12. The molecule has 152 valence electrons. The number of aliphatic hydroxyl groups is 1. The quantitative estimate of drug-likeness (QED) is 0.618. The lowest BCUT2D eigenvalue weighted by Crippen LogP contribution is -2.61. The Labute approximate surface area is 162 Å². The van der Waals surface area contributed by atoms with Crippen LogP contribution in [0.3, 0.4) is 0 Å². The number of carboxylic acids is 1. The molecule has 3 rings (SSSR count). The van der Waals surface area contributed by atoms with E-state index in [4.69, 9.17) is 9.47 Å². The van der Waals surface area contributed by atoms with Crippen molar-refractivity contribution in [1.82, 2.24) is 4.90 Å². The molecule has 2 aliphatic heterocycles. The van der Waals surface area contributed by atoms with Crippen LogP contribution in [-0.2, 0) is 19.4 Å². The number of sulfone groups is 1. The summed E-state index contributed by atoms with van der Waals surface area (Å²) < 4.78 is 36.0. The minimum absolute atomic E-state index is 0.0463. The smallest absolute Gasteiger partial charge is 0.352 e. The number of aliphatic carboxylic acids is 1. The monoisotopic (exact) mass is 411 g/mol. The fourth-order valence-electron chi connectivity index (χ4n) is 3.81. The van der Waals surface area contributed by atoms with Crippen molar-refractivity contribution in [1.29, 1.82) is 0 Å². The molecule has 0 aromatic heterocycles. The van der Waals surface area contributed by atoms with Gasteiger partial charge in [-0.3, -0.25) is 4.79 Å². The fourth-order valence-corrected chi connectivity index (χ4v) is 5.25. The molecule has 0 saturated carbocycles. The zero-order chi connectivity index (χ0) is 20.8. The van der Waals surface area contributed by atoms with Gasteiger partial charge in [-0.25, -0.2) is 13.2 Å². The van der Waals surface area contributed by atoms with Crippen LogP contribution in [0.15, 0.2) is 34.4 Å². The van der Waals surface area contributed by atoms with E-state index in [1.54, 1.807) is 0 Å². The minimum Gasteiger partial charge on any atom is -0.493 e. The Bertz CT molecular complexity index is 966. The number of carbonyl (C=O) groups excluding carboxylic acids is 1. The maximum Gasteiger partial charge on any atom is 0.352 e. The molecule has 28 heavy (non-hydrogen) atoms. The van der Waals surface area contributed by atoms with Gasteiger partial charge in [0.15, 0.2) is 21.3 Å². The molecule has 2 heterocycles. The molecular weight excluding hydrogens is 390 g/mol. The van der Waals surface area contributed by atoms with Gasteiger partial charge in [0.2, 0.25) is 5.91 Å². The van der Waals surface area contributed by atoms with Crippen molar-refractivity contribution in [3.63, 3.8) is 0 Å². The molecule has 0 radical (unpaired) electrons. The van der Waals surface area contributed by atoms with Crippen molar-refractivity contribution in [2.24, 2.45) is 5.92 Å². The molecular formula is C18H21NO8S. The first-order valence-corrected chi connectivity index (χ1v) is 10.2. The van der Waals surface area contributed by atoms with E-state index in [9.17, 15) is 28.2 Å². The van der Waals surface area contributed by atoms with Crippen LogP contribution in [-0.4, -0.2) is 67.5 Å². The number of hydrogen-bond donors (Lipinski definition) is 2. The van der Waals surface area contributed by atoms with Crippen molar-refractivity contribution >= 4 is 21.7 Å². The number of carboxylic acid groups (broad SMARTS) is 1. The van der Waals surface area contributed by atoms with Gasteiger partial charge in [0.25, 0.3) is 0 Å². The lowest BCUT2D eigenvalue weighted by Gasteiger charge is -2.44. The van der Waals surface area contributed by atoms with Gasteiger partial charge in [0.05, 0.1) is 42.9 Å². The predicted octanol–water partition coefficient (Wildman–Crippen LogP) is 0.428. The molecule has 0 aliphatic carbocycles. The highest BCUT2D eigenvalue weighted by molar-refractivity contribution is 7.91. The van der Waals surface area contributed by atoms with E-state index in [1.165, 1.54) is 39.3 Å². The summed E-state index contributed by atoms with van der Waals surface area (Å²) in [6.07, 6.45) is -0.847. The Kier molecular flexibility index (Phi) is 5.11. The summed E-state index contributed by atoms with van der Waals surface area (Å²) in [5.41, 5.74) is -0.167. The molecule has 10 heteroatoms. The third-order valence-electron chi connectivity index (χ3n) is 5.10. The van der Waals surface area contributed by atoms with E-state index < -0.39 is 45.5 Å². The molecule has 0 spiro atoms. The highest BCUT2D eigenvalue weighted by Gasteiger charge is 2.56. The normalized spacial score (nSPS) is 22.6. The first-order valence-electron chi connectivity index (χ1n) is 8.53. The van der Waals surface area contributed by atoms with Crippen molar-refractivity contribution in [2.75, 3.05) is 20.0 Å². The van der Waals surface area contributed by atoms with Gasteiger partial charge in [-0.1, -0.05) is 0 Å². The van der Waals surface area contributed by atoms with Crippen molar-refractivity contribution in [3.05, 3.63) is 29.5 Å². The molecule has 1 saturated heterocycles. The minimum atomic E-state index is -3.90. The topological polar surface area (TPSA) is 130 Å². The predicted molar refractivity (Wildman–Crippen MR) is 96.7 cm³/mol. The van der Waals surface area contributed by atoms with Crippen LogP contribution < -0.4 is 9.47 Å². The Hall–Kier alpha value is -2.59. The molecule has 1 aromatic carbocycles. The summed E-state index contributed by atoms with van der Waals surface area (Å²) in [7, 11) is -1.10. The number of β-lactam (4-membered cyclic amide) rings is 1. The Balaban J connectivity index is 1.94. The van der Waals surface area contributed by atoms with Crippen LogP contribution in [0.1, 0.15) is 13.3 Å². The molecule has 2 N–H and O–H groups in total. The largest absolute Gasteiger partial charge is 0.493 e. The van der Waals surface area contributed by atoms with Crippen molar-refractivity contribution in [2.45, 2.75) is 30.4 Å². The number of nitrogens with zero attached hydrogens (tertiary/aromatic N) is 1. The first kappa shape index (κ1) is 20.2. The van der Waals surface area contributed by atoms with E-state index in [0.717, 1.165) is 4.90 Å². The summed E-state index contributed by atoms with van der Waals surface area (Å²) in [5.74, 6) is -2.54. The van der Waals surface area contributed by atoms with Gasteiger partial charge >= 0.3 is 5.97 Å². The summed E-state index contributed by atoms with van der Waals surface area (Å²) in [6, 6.07) is 3.58. The van der Waals surface area contributed by atoms with Crippen LogP contribution in [0.2, 0.25) is 0 Å². The van der Waals surface area contributed by atoms with Crippen LogP contribution >= 0.6 is 0 Å². The number of aliphatic hydroxyl groups excluding tert-OH is 1. The molecule has 3 atom stereocenters. The SMILES string of the molecule is COc1ccc(S(=O)(=O)CC2=C(C(=O)O)N3C(=O)[C@@H]([C@@H](C)O)[C@@H]3C2)cc1OC.